The predicted molar refractivity (Wildman–Crippen MR) is 114 cm³/mol. The molecule has 3 nitrogen and oxygen atoms in total. The third-order valence-electron chi connectivity index (χ3n) is 4.17. The summed E-state index contributed by atoms with van der Waals surface area (Å²) in [6.45, 7) is 10.2. The molecule has 1 aliphatic rings. The fraction of sp³-hybridized carbons (Fsp3) is 0.238. The Morgan fingerprint density at radius 1 is 0.962 bits per heavy atom. The van der Waals surface area contributed by atoms with Crippen molar-refractivity contribution in [2.45, 2.75) is 15.9 Å². The van der Waals surface area contributed by atoms with E-state index in [2.05, 4.69) is 71.5 Å². The standard InChI is InChI=1S/C21H24N2OS.ClH/c1-3-13-22(14-4-2)15-17(24)16-23-18-9-5-7-11-20(18)25-21-12-8-6-10-19(21)23;/h3-12,17,24H,1-2,13-16H2;1H. The first-order valence-corrected chi connectivity index (χ1v) is 9.30. The van der Waals surface area contributed by atoms with Crippen molar-refractivity contribution < 1.29 is 5.11 Å². The van der Waals surface area contributed by atoms with Crippen molar-refractivity contribution in [3.8, 4) is 0 Å². The second kappa shape index (κ2) is 9.83. The van der Waals surface area contributed by atoms with Crippen LogP contribution in [0.5, 0.6) is 0 Å². The lowest BCUT2D eigenvalue weighted by atomic mass is 10.2. The largest absolute Gasteiger partial charge is 0.390 e. The van der Waals surface area contributed by atoms with Crippen molar-refractivity contribution in [1.82, 2.24) is 4.90 Å². The zero-order valence-electron chi connectivity index (χ0n) is 14.8. The first-order valence-electron chi connectivity index (χ1n) is 8.48. The third-order valence-corrected chi connectivity index (χ3v) is 5.30. The van der Waals surface area contributed by atoms with Gasteiger partial charge in [0.05, 0.1) is 24.0 Å². The highest BCUT2D eigenvalue weighted by Crippen LogP contribution is 2.47. The second-order valence-corrected chi connectivity index (χ2v) is 7.18. The Bertz CT molecular complexity index is 697. The molecule has 0 aromatic heterocycles. The lowest BCUT2D eigenvalue weighted by Crippen LogP contribution is -2.39. The lowest BCUT2D eigenvalue weighted by molar-refractivity contribution is 0.131. The maximum absolute atomic E-state index is 10.7. The Morgan fingerprint density at radius 2 is 1.46 bits per heavy atom. The molecule has 2 aromatic carbocycles. The molecule has 3 rings (SSSR count). The number of nitrogens with zero attached hydrogens (tertiary/aromatic N) is 2. The van der Waals surface area contributed by atoms with Gasteiger partial charge in [0.15, 0.2) is 0 Å². The molecule has 0 radical (unpaired) electrons. The van der Waals surface area contributed by atoms with E-state index in [1.165, 1.54) is 9.79 Å². The lowest BCUT2D eigenvalue weighted by Gasteiger charge is -2.35. The molecule has 0 spiro atoms. The minimum absolute atomic E-state index is 0. The molecule has 1 aliphatic heterocycles. The van der Waals surface area contributed by atoms with E-state index < -0.39 is 6.10 Å². The number of rotatable bonds is 8. The summed E-state index contributed by atoms with van der Waals surface area (Å²) >= 11 is 1.78. The van der Waals surface area contributed by atoms with Crippen LogP contribution in [0.15, 0.2) is 83.6 Å². The summed E-state index contributed by atoms with van der Waals surface area (Å²) in [6.07, 6.45) is 3.25. The quantitative estimate of drug-likeness (QED) is 0.660. The van der Waals surface area contributed by atoms with E-state index in [9.17, 15) is 5.11 Å². The predicted octanol–water partition coefficient (Wildman–Crippen LogP) is 4.75. The molecule has 0 fully saturated rings. The SMILES string of the molecule is C=CCN(CC=C)CC(O)CN1c2ccccc2Sc2ccccc21.Cl. The summed E-state index contributed by atoms with van der Waals surface area (Å²) in [6, 6.07) is 16.7. The minimum Gasteiger partial charge on any atom is -0.390 e. The summed E-state index contributed by atoms with van der Waals surface area (Å²) < 4.78 is 0. The van der Waals surface area contributed by atoms with Gasteiger partial charge in [-0.15, -0.1) is 25.6 Å². The first kappa shape index (κ1) is 20.6. The number of aliphatic hydroxyl groups is 1. The molecule has 1 unspecified atom stereocenters. The third kappa shape index (κ3) is 4.71. The van der Waals surface area contributed by atoms with Crippen molar-refractivity contribution in [2.75, 3.05) is 31.1 Å². The van der Waals surface area contributed by atoms with Crippen molar-refractivity contribution in [3.63, 3.8) is 0 Å². The highest BCUT2D eigenvalue weighted by Gasteiger charge is 2.25. The molecule has 0 amide bonds. The van der Waals surface area contributed by atoms with Crippen LogP contribution >= 0.6 is 24.2 Å². The molecular formula is C21H25ClN2OS. The van der Waals surface area contributed by atoms with Gasteiger partial charge in [0, 0.05) is 29.4 Å². The molecule has 1 heterocycles. The Morgan fingerprint density at radius 3 is 1.96 bits per heavy atom. The van der Waals surface area contributed by atoms with Gasteiger partial charge in [-0.25, -0.2) is 0 Å². The fourth-order valence-electron chi connectivity index (χ4n) is 3.13. The molecule has 26 heavy (non-hydrogen) atoms. The first-order chi connectivity index (χ1) is 12.2. The van der Waals surface area contributed by atoms with Gasteiger partial charge in [-0.1, -0.05) is 48.2 Å². The fourth-order valence-corrected chi connectivity index (χ4v) is 4.23. The number of halogens is 1. The zero-order chi connectivity index (χ0) is 17.6. The van der Waals surface area contributed by atoms with Gasteiger partial charge < -0.3 is 10.0 Å². The smallest absolute Gasteiger partial charge is 0.0846 e. The van der Waals surface area contributed by atoms with Gasteiger partial charge in [-0.2, -0.15) is 0 Å². The van der Waals surface area contributed by atoms with Crippen molar-refractivity contribution in [2.24, 2.45) is 0 Å². The van der Waals surface area contributed by atoms with Crippen LogP contribution in [-0.2, 0) is 0 Å². The Balaban J connectivity index is 0.00000243. The molecule has 0 saturated carbocycles. The molecular weight excluding hydrogens is 364 g/mol. The van der Waals surface area contributed by atoms with Gasteiger partial charge in [-0.3, -0.25) is 4.90 Å². The highest BCUT2D eigenvalue weighted by molar-refractivity contribution is 7.99. The van der Waals surface area contributed by atoms with Crippen LogP contribution in [-0.4, -0.2) is 42.3 Å². The van der Waals surface area contributed by atoms with E-state index in [-0.39, 0.29) is 12.4 Å². The molecule has 0 aliphatic carbocycles. The number of para-hydroxylation sites is 2. The van der Waals surface area contributed by atoms with Crippen molar-refractivity contribution in [1.29, 1.82) is 0 Å². The van der Waals surface area contributed by atoms with E-state index in [4.69, 9.17) is 0 Å². The van der Waals surface area contributed by atoms with E-state index >= 15 is 0 Å². The molecule has 138 valence electrons. The molecule has 2 aromatic rings. The number of hydrogen-bond acceptors (Lipinski definition) is 4. The Kier molecular flexibility index (Phi) is 7.79. The van der Waals surface area contributed by atoms with Crippen molar-refractivity contribution in [3.05, 3.63) is 73.8 Å². The van der Waals surface area contributed by atoms with Gasteiger partial charge in [0.25, 0.3) is 0 Å². The van der Waals surface area contributed by atoms with Crippen LogP contribution in [0.1, 0.15) is 0 Å². The molecule has 0 saturated heterocycles. The average molecular weight is 389 g/mol. The van der Waals surface area contributed by atoms with Crippen molar-refractivity contribution >= 4 is 35.5 Å². The minimum atomic E-state index is -0.468. The summed E-state index contributed by atoms with van der Waals surface area (Å²) in [4.78, 5) is 6.82. The van der Waals surface area contributed by atoms with E-state index in [0.29, 0.717) is 13.1 Å². The molecule has 5 heteroatoms. The van der Waals surface area contributed by atoms with Crippen LogP contribution in [0, 0.1) is 0 Å². The molecule has 0 bridgehead atoms. The van der Waals surface area contributed by atoms with Gasteiger partial charge in [-0.05, 0) is 24.3 Å². The number of fused-ring (bicyclic) bond motifs is 2. The summed E-state index contributed by atoms with van der Waals surface area (Å²) in [5, 5.41) is 10.7. The van der Waals surface area contributed by atoms with Gasteiger partial charge >= 0.3 is 0 Å². The van der Waals surface area contributed by atoms with Crippen LogP contribution in [0.3, 0.4) is 0 Å². The molecule has 1 atom stereocenters. The van der Waals surface area contributed by atoms with E-state index in [1.807, 2.05) is 12.2 Å². The maximum Gasteiger partial charge on any atom is 0.0846 e. The summed E-state index contributed by atoms with van der Waals surface area (Å²) in [5.41, 5.74) is 2.31. The maximum atomic E-state index is 10.7. The van der Waals surface area contributed by atoms with Crippen LogP contribution < -0.4 is 4.90 Å². The number of aliphatic hydroxyl groups excluding tert-OH is 1. The molecule has 1 N–H and O–H groups in total. The normalized spacial score (nSPS) is 13.4. The monoisotopic (exact) mass is 388 g/mol. The highest BCUT2D eigenvalue weighted by atomic mass is 35.5. The number of β-amino-alcohol motifs (C(OH)–C–C–N with tert-alkyl or cyclic N) is 1. The van der Waals surface area contributed by atoms with Crippen LogP contribution in [0.25, 0.3) is 0 Å². The zero-order valence-corrected chi connectivity index (χ0v) is 16.4. The number of benzene rings is 2. The van der Waals surface area contributed by atoms with E-state index in [0.717, 1.165) is 24.5 Å². The Labute approximate surface area is 166 Å². The van der Waals surface area contributed by atoms with Gasteiger partial charge in [0.2, 0.25) is 0 Å². The van der Waals surface area contributed by atoms with E-state index in [1.54, 1.807) is 11.8 Å². The number of hydrogen-bond donors (Lipinski definition) is 1. The Hall–Kier alpha value is -1.72. The second-order valence-electron chi connectivity index (χ2n) is 6.10. The topological polar surface area (TPSA) is 26.7 Å². The van der Waals surface area contributed by atoms with Gasteiger partial charge in [0.1, 0.15) is 0 Å². The number of anilines is 2. The summed E-state index contributed by atoms with van der Waals surface area (Å²) in [5.74, 6) is 0. The van der Waals surface area contributed by atoms with Crippen LogP contribution in [0.2, 0.25) is 0 Å². The summed E-state index contributed by atoms with van der Waals surface area (Å²) in [7, 11) is 0. The van der Waals surface area contributed by atoms with Crippen LogP contribution in [0.4, 0.5) is 11.4 Å². The average Bonchev–Trinajstić information content (AvgIpc) is 2.62.